The summed E-state index contributed by atoms with van der Waals surface area (Å²) in [6, 6.07) is 5.75. The minimum absolute atomic E-state index is 0.0838. The zero-order valence-electron chi connectivity index (χ0n) is 9.99. The Labute approximate surface area is 108 Å². The average Bonchev–Trinajstić information content (AvgIpc) is 2.86. The number of carbonyl (C=O) groups is 1. The van der Waals surface area contributed by atoms with E-state index in [2.05, 4.69) is 10.3 Å². The van der Waals surface area contributed by atoms with E-state index in [4.69, 9.17) is 9.84 Å². The van der Waals surface area contributed by atoms with Gasteiger partial charge >= 0.3 is 5.97 Å². The topological polar surface area (TPSA) is 77.2 Å². The van der Waals surface area contributed by atoms with Gasteiger partial charge in [-0.05, 0) is 24.3 Å². The van der Waals surface area contributed by atoms with Crippen LogP contribution in [0.5, 0.6) is 5.75 Å². The third-order valence-corrected chi connectivity index (χ3v) is 2.37. The largest absolute Gasteiger partial charge is 0.494 e. The Kier molecular flexibility index (Phi) is 4.07. The van der Waals surface area contributed by atoms with Crippen molar-refractivity contribution in [1.82, 2.24) is 15.0 Å². The van der Waals surface area contributed by atoms with Crippen LogP contribution in [-0.2, 0) is 6.54 Å². The number of carboxylic acid groups (broad SMARTS) is 1. The summed E-state index contributed by atoms with van der Waals surface area (Å²) in [6.07, 6.45) is 2.00. The molecule has 0 fully saturated rings. The lowest BCUT2D eigenvalue weighted by molar-refractivity contribution is 0.0690. The Hall–Kier alpha value is -2.44. The number of halogens is 1. The second-order valence-electron chi connectivity index (χ2n) is 3.83. The number of aromatic nitrogens is 3. The third kappa shape index (κ3) is 3.77. The van der Waals surface area contributed by atoms with Crippen LogP contribution in [0.2, 0.25) is 0 Å². The highest BCUT2D eigenvalue weighted by Gasteiger charge is 2.07. The van der Waals surface area contributed by atoms with Gasteiger partial charge in [0, 0.05) is 13.0 Å². The van der Waals surface area contributed by atoms with Gasteiger partial charge in [0.05, 0.1) is 12.8 Å². The van der Waals surface area contributed by atoms with Crippen molar-refractivity contribution < 1.29 is 19.0 Å². The number of nitrogens with zero attached hydrogens (tertiary/aromatic N) is 3. The summed E-state index contributed by atoms with van der Waals surface area (Å²) in [5.41, 5.74) is -0.0838. The summed E-state index contributed by atoms with van der Waals surface area (Å²) < 4.78 is 19.5. The minimum Gasteiger partial charge on any atom is -0.494 e. The fourth-order valence-electron chi connectivity index (χ4n) is 1.45. The highest BCUT2D eigenvalue weighted by Crippen LogP contribution is 2.11. The molecule has 6 nitrogen and oxygen atoms in total. The molecule has 0 bridgehead atoms. The summed E-state index contributed by atoms with van der Waals surface area (Å²) in [7, 11) is 0. The second-order valence-corrected chi connectivity index (χ2v) is 3.83. The molecule has 0 amide bonds. The summed E-state index contributed by atoms with van der Waals surface area (Å²) in [5, 5.41) is 15.8. The van der Waals surface area contributed by atoms with E-state index < -0.39 is 5.97 Å². The van der Waals surface area contributed by atoms with Crippen LogP contribution in [0.15, 0.2) is 30.5 Å². The Morgan fingerprint density at radius 1 is 1.37 bits per heavy atom. The number of rotatable bonds is 6. The van der Waals surface area contributed by atoms with Crippen molar-refractivity contribution in [2.75, 3.05) is 6.61 Å². The minimum atomic E-state index is -1.10. The van der Waals surface area contributed by atoms with Crippen molar-refractivity contribution in [3.05, 3.63) is 42.0 Å². The molecule has 0 aliphatic rings. The summed E-state index contributed by atoms with van der Waals surface area (Å²) in [4.78, 5) is 10.6. The smallest absolute Gasteiger partial charge is 0.358 e. The van der Waals surface area contributed by atoms with E-state index in [1.54, 1.807) is 12.1 Å². The molecule has 2 aromatic rings. The zero-order valence-corrected chi connectivity index (χ0v) is 9.99. The molecule has 0 aliphatic heterocycles. The van der Waals surface area contributed by atoms with E-state index in [-0.39, 0.29) is 11.5 Å². The number of benzene rings is 1. The first-order valence-electron chi connectivity index (χ1n) is 5.67. The molecular formula is C12H12FN3O3. The summed E-state index contributed by atoms with van der Waals surface area (Å²) in [5.74, 6) is -0.823. The highest BCUT2D eigenvalue weighted by molar-refractivity contribution is 5.84. The van der Waals surface area contributed by atoms with E-state index in [0.29, 0.717) is 25.3 Å². The van der Waals surface area contributed by atoms with Gasteiger partial charge in [-0.2, -0.15) is 0 Å². The van der Waals surface area contributed by atoms with Crippen LogP contribution in [-0.4, -0.2) is 32.7 Å². The lowest BCUT2D eigenvalue weighted by Gasteiger charge is -2.05. The highest BCUT2D eigenvalue weighted by atomic mass is 19.1. The number of aromatic carboxylic acids is 1. The van der Waals surface area contributed by atoms with E-state index in [1.807, 2.05) is 0 Å². The zero-order chi connectivity index (χ0) is 13.7. The van der Waals surface area contributed by atoms with Crippen LogP contribution in [0.25, 0.3) is 0 Å². The van der Waals surface area contributed by atoms with E-state index in [1.165, 1.54) is 23.0 Å². The summed E-state index contributed by atoms with van der Waals surface area (Å²) >= 11 is 0. The van der Waals surface area contributed by atoms with Crippen LogP contribution >= 0.6 is 0 Å². The molecule has 2 rings (SSSR count). The van der Waals surface area contributed by atoms with Crippen LogP contribution in [0.3, 0.4) is 0 Å². The predicted octanol–water partition coefficient (Wildman–Crippen LogP) is 1.58. The molecule has 1 aromatic heterocycles. The molecular weight excluding hydrogens is 253 g/mol. The third-order valence-electron chi connectivity index (χ3n) is 2.37. The Bertz CT molecular complexity index is 554. The number of carboxylic acids is 1. The molecule has 0 atom stereocenters. The van der Waals surface area contributed by atoms with E-state index in [9.17, 15) is 9.18 Å². The molecule has 100 valence electrons. The van der Waals surface area contributed by atoms with Gasteiger partial charge in [0.2, 0.25) is 0 Å². The molecule has 0 saturated carbocycles. The SMILES string of the molecule is O=C(O)c1cn(CCCOc2ccc(F)cc2)nn1. The molecule has 0 aliphatic carbocycles. The van der Waals surface area contributed by atoms with Gasteiger partial charge in [0.1, 0.15) is 11.6 Å². The first-order valence-corrected chi connectivity index (χ1v) is 5.67. The lowest BCUT2D eigenvalue weighted by Crippen LogP contribution is -2.05. The van der Waals surface area contributed by atoms with Crippen molar-refractivity contribution in [3.8, 4) is 5.75 Å². The Balaban J connectivity index is 1.74. The molecule has 0 saturated heterocycles. The summed E-state index contributed by atoms with van der Waals surface area (Å²) in [6.45, 7) is 0.926. The maximum Gasteiger partial charge on any atom is 0.358 e. The Morgan fingerprint density at radius 2 is 2.11 bits per heavy atom. The van der Waals surface area contributed by atoms with Gasteiger partial charge in [0.25, 0.3) is 0 Å². The molecule has 1 aromatic carbocycles. The fourth-order valence-corrected chi connectivity index (χ4v) is 1.45. The molecule has 1 heterocycles. The van der Waals surface area contributed by atoms with Gasteiger partial charge in [-0.25, -0.2) is 9.18 Å². The van der Waals surface area contributed by atoms with Crippen molar-refractivity contribution in [1.29, 1.82) is 0 Å². The van der Waals surface area contributed by atoms with E-state index >= 15 is 0 Å². The quantitative estimate of drug-likeness (QED) is 0.802. The second kappa shape index (κ2) is 5.94. The maximum absolute atomic E-state index is 12.6. The number of aryl methyl sites for hydroxylation is 1. The van der Waals surface area contributed by atoms with Gasteiger partial charge in [0.15, 0.2) is 5.69 Å². The van der Waals surface area contributed by atoms with E-state index in [0.717, 1.165) is 0 Å². The number of hydrogen-bond acceptors (Lipinski definition) is 4. The molecule has 1 N–H and O–H groups in total. The lowest BCUT2D eigenvalue weighted by atomic mass is 10.3. The van der Waals surface area contributed by atoms with Crippen LogP contribution < -0.4 is 4.74 Å². The van der Waals surface area contributed by atoms with Crippen molar-refractivity contribution in [3.63, 3.8) is 0 Å². The molecule has 7 heteroatoms. The Morgan fingerprint density at radius 3 is 2.74 bits per heavy atom. The van der Waals surface area contributed by atoms with Crippen molar-refractivity contribution >= 4 is 5.97 Å². The van der Waals surface area contributed by atoms with Crippen molar-refractivity contribution in [2.45, 2.75) is 13.0 Å². The molecule has 19 heavy (non-hydrogen) atoms. The van der Waals surface area contributed by atoms with Gasteiger partial charge in [-0.1, -0.05) is 5.21 Å². The average molecular weight is 265 g/mol. The van der Waals surface area contributed by atoms with Gasteiger partial charge in [-0.15, -0.1) is 5.10 Å². The van der Waals surface area contributed by atoms with Crippen LogP contribution in [0.4, 0.5) is 4.39 Å². The first-order chi connectivity index (χ1) is 9.15. The molecule has 0 unspecified atom stereocenters. The van der Waals surface area contributed by atoms with Crippen molar-refractivity contribution in [2.24, 2.45) is 0 Å². The number of hydrogen-bond donors (Lipinski definition) is 1. The normalized spacial score (nSPS) is 10.4. The predicted molar refractivity (Wildman–Crippen MR) is 63.5 cm³/mol. The number of ether oxygens (including phenoxy) is 1. The molecule has 0 radical (unpaired) electrons. The van der Waals surface area contributed by atoms with Crippen LogP contribution in [0.1, 0.15) is 16.9 Å². The van der Waals surface area contributed by atoms with Gasteiger partial charge in [-0.3, -0.25) is 4.68 Å². The standard InChI is InChI=1S/C12H12FN3O3/c13-9-2-4-10(5-3-9)19-7-1-6-16-8-11(12(17)18)14-15-16/h2-5,8H,1,6-7H2,(H,17,18). The van der Waals surface area contributed by atoms with Gasteiger partial charge < -0.3 is 9.84 Å². The molecule has 0 spiro atoms. The fraction of sp³-hybridized carbons (Fsp3) is 0.250. The first kappa shape index (κ1) is 13.0. The van der Waals surface area contributed by atoms with Crippen LogP contribution in [0, 0.1) is 5.82 Å². The maximum atomic E-state index is 12.6. The monoisotopic (exact) mass is 265 g/mol.